The number of piperazine rings is 1. The van der Waals surface area contributed by atoms with E-state index in [2.05, 4.69) is 49.5 Å². The van der Waals surface area contributed by atoms with Gasteiger partial charge in [-0.1, -0.05) is 13.0 Å². The second kappa shape index (κ2) is 9.73. The number of pyridine rings is 1. The smallest absolute Gasteiger partial charge is 0.191 e. The Kier molecular flexibility index (Phi) is 7.08. The van der Waals surface area contributed by atoms with Crippen LogP contribution in [0.2, 0.25) is 0 Å². The van der Waals surface area contributed by atoms with E-state index in [1.165, 1.54) is 0 Å². The molecule has 2 fully saturated rings. The van der Waals surface area contributed by atoms with Gasteiger partial charge in [0.15, 0.2) is 5.96 Å². The zero-order valence-electron chi connectivity index (χ0n) is 16.1. The van der Waals surface area contributed by atoms with Crippen molar-refractivity contribution < 1.29 is 4.74 Å². The summed E-state index contributed by atoms with van der Waals surface area (Å²) in [6, 6.07) is 4.27. The number of hydrogen-bond acceptors (Lipinski definition) is 5. The highest BCUT2D eigenvalue weighted by Gasteiger charge is 2.17. The largest absolute Gasteiger partial charge is 0.376 e. The van der Waals surface area contributed by atoms with Gasteiger partial charge in [0, 0.05) is 59.1 Å². The molecule has 1 aromatic heterocycles. The summed E-state index contributed by atoms with van der Waals surface area (Å²) in [7, 11) is 1.79. The molecule has 7 nitrogen and oxygen atoms in total. The van der Waals surface area contributed by atoms with Crippen molar-refractivity contribution in [1.82, 2.24) is 20.5 Å². The number of guanidine groups is 1. The summed E-state index contributed by atoms with van der Waals surface area (Å²) in [6.45, 7) is 10.1. The number of aromatic nitrogens is 1. The fourth-order valence-corrected chi connectivity index (χ4v) is 3.42. The lowest BCUT2D eigenvalue weighted by Gasteiger charge is -2.34. The molecule has 2 N–H and O–H groups in total. The van der Waals surface area contributed by atoms with Gasteiger partial charge in [-0.3, -0.25) is 4.99 Å². The number of nitrogens with one attached hydrogen (secondary N) is 2. The minimum atomic E-state index is 0.308. The minimum Gasteiger partial charge on any atom is -0.376 e. The maximum atomic E-state index is 5.63. The van der Waals surface area contributed by atoms with Gasteiger partial charge in [-0.2, -0.15) is 0 Å². The molecule has 2 aliphatic rings. The summed E-state index contributed by atoms with van der Waals surface area (Å²) in [5, 5.41) is 6.68. The van der Waals surface area contributed by atoms with E-state index < -0.39 is 0 Å². The van der Waals surface area contributed by atoms with E-state index in [0.29, 0.717) is 12.6 Å². The summed E-state index contributed by atoms with van der Waals surface area (Å²) in [5.74, 6) is 1.88. The third-order valence-corrected chi connectivity index (χ3v) is 5.16. The number of rotatable bonds is 6. The van der Waals surface area contributed by atoms with Crippen molar-refractivity contribution >= 4 is 11.8 Å². The molecule has 26 heavy (non-hydrogen) atoms. The minimum absolute atomic E-state index is 0.308. The van der Waals surface area contributed by atoms with Gasteiger partial charge in [-0.05, 0) is 31.0 Å². The Bertz CT molecular complexity index is 562. The molecule has 0 bridgehead atoms. The SMILES string of the molecule is CCN1CCN(c2ccc(CNC(=NC)NCC3CCCO3)cn2)CC1. The van der Waals surface area contributed by atoms with Crippen LogP contribution in [0.15, 0.2) is 23.3 Å². The first-order valence-corrected chi connectivity index (χ1v) is 9.77. The fourth-order valence-electron chi connectivity index (χ4n) is 3.42. The molecule has 0 aromatic carbocycles. The van der Waals surface area contributed by atoms with E-state index in [-0.39, 0.29) is 0 Å². The molecule has 0 spiro atoms. The lowest BCUT2D eigenvalue weighted by Crippen LogP contribution is -2.46. The van der Waals surface area contributed by atoms with Crippen LogP contribution in [0.4, 0.5) is 5.82 Å². The second-order valence-electron chi connectivity index (χ2n) is 6.89. The third-order valence-electron chi connectivity index (χ3n) is 5.16. The molecular weight excluding hydrogens is 328 g/mol. The molecular formula is C19H32N6O. The Labute approximate surface area is 156 Å². The molecule has 2 aliphatic heterocycles. The zero-order valence-corrected chi connectivity index (χ0v) is 16.1. The summed E-state index contributed by atoms with van der Waals surface area (Å²) < 4.78 is 5.63. The van der Waals surface area contributed by atoms with E-state index in [1.54, 1.807) is 7.05 Å². The van der Waals surface area contributed by atoms with E-state index in [4.69, 9.17) is 4.74 Å². The second-order valence-corrected chi connectivity index (χ2v) is 6.89. The number of likely N-dealkylation sites (N-methyl/N-ethyl adjacent to an activating group) is 1. The van der Waals surface area contributed by atoms with Crippen LogP contribution < -0.4 is 15.5 Å². The number of aliphatic imine (C=N–C) groups is 1. The summed E-state index contributed by atoms with van der Waals surface area (Å²) in [6.07, 6.45) is 4.55. The number of ether oxygens (including phenoxy) is 1. The quantitative estimate of drug-likeness (QED) is 0.584. The van der Waals surface area contributed by atoms with Crippen LogP contribution in [0.25, 0.3) is 0 Å². The van der Waals surface area contributed by atoms with E-state index in [1.807, 2.05) is 6.20 Å². The van der Waals surface area contributed by atoms with E-state index in [0.717, 1.165) is 76.1 Å². The molecule has 0 saturated carbocycles. The van der Waals surface area contributed by atoms with Crippen molar-refractivity contribution in [3.05, 3.63) is 23.9 Å². The van der Waals surface area contributed by atoms with Gasteiger partial charge in [-0.15, -0.1) is 0 Å². The Balaban J connectivity index is 1.43. The molecule has 0 aliphatic carbocycles. The van der Waals surface area contributed by atoms with Gasteiger partial charge in [0.25, 0.3) is 0 Å². The normalized spacial score (nSPS) is 21.8. The Hall–Kier alpha value is -1.86. The van der Waals surface area contributed by atoms with Gasteiger partial charge < -0.3 is 25.2 Å². The molecule has 3 rings (SSSR count). The lowest BCUT2D eigenvalue weighted by atomic mass is 10.2. The summed E-state index contributed by atoms with van der Waals surface area (Å²) >= 11 is 0. The first-order valence-electron chi connectivity index (χ1n) is 9.77. The van der Waals surface area contributed by atoms with Crippen molar-refractivity contribution in [2.45, 2.75) is 32.4 Å². The first kappa shape index (κ1) is 18.9. The van der Waals surface area contributed by atoms with Crippen molar-refractivity contribution in [2.24, 2.45) is 4.99 Å². The third kappa shape index (κ3) is 5.32. The van der Waals surface area contributed by atoms with Crippen LogP contribution in [0.1, 0.15) is 25.3 Å². The van der Waals surface area contributed by atoms with Crippen LogP contribution in [0, 0.1) is 0 Å². The maximum Gasteiger partial charge on any atom is 0.191 e. The topological polar surface area (TPSA) is 65.0 Å². The number of nitrogens with zero attached hydrogens (tertiary/aromatic N) is 4. The lowest BCUT2D eigenvalue weighted by molar-refractivity contribution is 0.114. The highest BCUT2D eigenvalue weighted by Crippen LogP contribution is 2.14. The molecule has 0 radical (unpaired) electrons. The first-order chi connectivity index (χ1) is 12.8. The van der Waals surface area contributed by atoms with Crippen molar-refractivity contribution in [2.75, 3.05) is 57.8 Å². The van der Waals surface area contributed by atoms with Gasteiger partial charge in [-0.25, -0.2) is 4.98 Å². The average Bonchev–Trinajstić information content (AvgIpc) is 3.22. The van der Waals surface area contributed by atoms with E-state index >= 15 is 0 Å². The molecule has 1 atom stereocenters. The van der Waals surface area contributed by atoms with E-state index in [9.17, 15) is 0 Å². The van der Waals surface area contributed by atoms with Crippen molar-refractivity contribution in [3.8, 4) is 0 Å². The van der Waals surface area contributed by atoms with Crippen molar-refractivity contribution in [1.29, 1.82) is 0 Å². The van der Waals surface area contributed by atoms with Crippen LogP contribution in [-0.2, 0) is 11.3 Å². The predicted molar refractivity (Wildman–Crippen MR) is 106 cm³/mol. The molecule has 7 heteroatoms. The number of hydrogen-bond donors (Lipinski definition) is 2. The predicted octanol–water partition coefficient (Wildman–Crippen LogP) is 1.07. The van der Waals surface area contributed by atoms with Crippen LogP contribution >= 0.6 is 0 Å². The van der Waals surface area contributed by atoms with Gasteiger partial charge in [0.2, 0.25) is 0 Å². The van der Waals surface area contributed by atoms with Crippen LogP contribution in [0.3, 0.4) is 0 Å². The van der Waals surface area contributed by atoms with Crippen molar-refractivity contribution in [3.63, 3.8) is 0 Å². The zero-order chi connectivity index (χ0) is 18.2. The van der Waals surface area contributed by atoms with Crippen LogP contribution in [0.5, 0.6) is 0 Å². The highest BCUT2D eigenvalue weighted by molar-refractivity contribution is 5.79. The van der Waals surface area contributed by atoms with Crippen LogP contribution in [-0.4, -0.2) is 74.9 Å². The standard InChI is InChI=1S/C19H32N6O/c1-3-24-8-10-25(11-9-24)18-7-6-16(13-21-18)14-22-19(20-2)23-15-17-5-4-12-26-17/h6-7,13,17H,3-5,8-12,14-15H2,1-2H3,(H2,20,22,23). The Morgan fingerprint density at radius 3 is 2.73 bits per heavy atom. The molecule has 3 heterocycles. The molecule has 2 saturated heterocycles. The molecule has 144 valence electrons. The monoisotopic (exact) mass is 360 g/mol. The Morgan fingerprint density at radius 1 is 1.27 bits per heavy atom. The number of anilines is 1. The summed E-state index contributed by atoms with van der Waals surface area (Å²) in [4.78, 5) is 13.8. The molecule has 0 amide bonds. The Morgan fingerprint density at radius 2 is 2.12 bits per heavy atom. The fraction of sp³-hybridized carbons (Fsp3) is 0.684. The highest BCUT2D eigenvalue weighted by atomic mass is 16.5. The van der Waals surface area contributed by atoms with Gasteiger partial charge >= 0.3 is 0 Å². The maximum absolute atomic E-state index is 5.63. The molecule has 1 aromatic rings. The summed E-state index contributed by atoms with van der Waals surface area (Å²) in [5.41, 5.74) is 1.15. The van der Waals surface area contributed by atoms with Gasteiger partial charge in [0.1, 0.15) is 5.82 Å². The average molecular weight is 361 g/mol. The molecule has 1 unspecified atom stereocenters. The van der Waals surface area contributed by atoms with Gasteiger partial charge in [0.05, 0.1) is 6.10 Å².